The number of nitrogens with one attached hydrogen (secondary N) is 1. The third kappa shape index (κ3) is 5.52. The van der Waals surface area contributed by atoms with Gasteiger partial charge in [-0.15, -0.1) is 0 Å². The zero-order valence-corrected chi connectivity index (χ0v) is 19.3. The van der Waals surface area contributed by atoms with E-state index in [1.165, 1.54) is 0 Å². The summed E-state index contributed by atoms with van der Waals surface area (Å²) in [5, 5.41) is 2.96. The first-order valence-electron chi connectivity index (χ1n) is 11.2. The van der Waals surface area contributed by atoms with Crippen molar-refractivity contribution in [3.05, 3.63) is 47.5 Å². The van der Waals surface area contributed by atoms with Crippen molar-refractivity contribution < 1.29 is 23.8 Å². The highest BCUT2D eigenvalue weighted by Gasteiger charge is 2.31. The van der Waals surface area contributed by atoms with E-state index in [0.717, 1.165) is 11.3 Å². The van der Waals surface area contributed by atoms with Gasteiger partial charge < -0.3 is 24.4 Å². The molecular weight excluding hydrogens is 408 g/mol. The Hall–Kier alpha value is -3.22. The van der Waals surface area contributed by atoms with Gasteiger partial charge in [-0.2, -0.15) is 0 Å². The van der Waals surface area contributed by atoms with Gasteiger partial charge in [0, 0.05) is 36.7 Å². The summed E-state index contributed by atoms with van der Waals surface area (Å²) in [6.07, 6.45) is 0.409. The number of aryl methyl sites for hydroxylation is 1. The van der Waals surface area contributed by atoms with Crippen molar-refractivity contribution >= 4 is 17.5 Å². The molecule has 0 aromatic heterocycles. The Kier molecular flexibility index (Phi) is 7.98. The average Bonchev–Trinajstić information content (AvgIpc) is 3.15. The topological polar surface area (TPSA) is 77.1 Å². The van der Waals surface area contributed by atoms with E-state index >= 15 is 0 Å². The van der Waals surface area contributed by atoms with Gasteiger partial charge in [0.2, 0.25) is 11.7 Å². The molecule has 0 spiro atoms. The SMILES string of the molecule is CCOc1cc(C(=O)NCC2CC(=O)N(c3ccc(C)cc3)C2)cc(OCC)c1OCC. The van der Waals surface area contributed by atoms with E-state index in [-0.39, 0.29) is 17.7 Å². The van der Waals surface area contributed by atoms with E-state index in [4.69, 9.17) is 14.2 Å². The van der Waals surface area contributed by atoms with Gasteiger partial charge in [-0.3, -0.25) is 9.59 Å². The molecule has 32 heavy (non-hydrogen) atoms. The molecule has 0 bridgehead atoms. The molecule has 1 heterocycles. The summed E-state index contributed by atoms with van der Waals surface area (Å²) in [7, 11) is 0. The van der Waals surface area contributed by atoms with Crippen LogP contribution in [0.2, 0.25) is 0 Å². The molecule has 1 aliphatic rings. The maximum atomic E-state index is 12.9. The summed E-state index contributed by atoms with van der Waals surface area (Å²) in [6.45, 7) is 9.98. The number of rotatable bonds is 10. The lowest BCUT2D eigenvalue weighted by atomic mass is 10.1. The number of ether oxygens (including phenoxy) is 3. The molecular formula is C25H32N2O5. The molecule has 1 atom stereocenters. The normalized spacial score (nSPS) is 15.6. The first kappa shape index (κ1) is 23.4. The van der Waals surface area contributed by atoms with Crippen LogP contribution in [0.15, 0.2) is 36.4 Å². The molecule has 7 nitrogen and oxygen atoms in total. The third-order valence-corrected chi connectivity index (χ3v) is 5.27. The maximum absolute atomic E-state index is 12.9. The van der Waals surface area contributed by atoms with Gasteiger partial charge in [0.15, 0.2) is 11.5 Å². The van der Waals surface area contributed by atoms with Crippen molar-refractivity contribution in [1.29, 1.82) is 0 Å². The Morgan fingerprint density at radius 2 is 1.59 bits per heavy atom. The predicted molar refractivity (Wildman–Crippen MR) is 124 cm³/mol. The molecule has 1 unspecified atom stereocenters. The number of amides is 2. The van der Waals surface area contributed by atoms with E-state index in [9.17, 15) is 9.59 Å². The van der Waals surface area contributed by atoms with Crippen molar-refractivity contribution in [1.82, 2.24) is 5.32 Å². The highest BCUT2D eigenvalue weighted by Crippen LogP contribution is 2.39. The monoisotopic (exact) mass is 440 g/mol. The number of carbonyl (C=O) groups is 2. The lowest BCUT2D eigenvalue weighted by Crippen LogP contribution is -2.31. The molecule has 0 aliphatic carbocycles. The Morgan fingerprint density at radius 3 is 2.16 bits per heavy atom. The van der Waals surface area contributed by atoms with Crippen LogP contribution in [0, 0.1) is 12.8 Å². The van der Waals surface area contributed by atoms with Crippen LogP contribution in [-0.4, -0.2) is 44.7 Å². The zero-order valence-electron chi connectivity index (χ0n) is 19.3. The third-order valence-electron chi connectivity index (χ3n) is 5.27. The smallest absolute Gasteiger partial charge is 0.251 e. The van der Waals surface area contributed by atoms with Gasteiger partial charge in [-0.05, 0) is 52.0 Å². The number of benzene rings is 2. The van der Waals surface area contributed by atoms with Crippen LogP contribution in [0.5, 0.6) is 17.2 Å². The second-order valence-corrected chi connectivity index (χ2v) is 7.72. The molecule has 0 radical (unpaired) electrons. The van der Waals surface area contributed by atoms with Crippen molar-refractivity contribution in [2.75, 3.05) is 37.8 Å². The van der Waals surface area contributed by atoms with Crippen LogP contribution in [0.25, 0.3) is 0 Å². The van der Waals surface area contributed by atoms with Crippen LogP contribution in [-0.2, 0) is 4.79 Å². The summed E-state index contributed by atoms with van der Waals surface area (Å²) < 4.78 is 17.1. The van der Waals surface area contributed by atoms with Crippen molar-refractivity contribution in [3.63, 3.8) is 0 Å². The first-order valence-corrected chi connectivity index (χ1v) is 11.2. The molecule has 172 valence electrons. The number of hydrogen-bond donors (Lipinski definition) is 1. The number of carbonyl (C=O) groups excluding carboxylic acids is 2. The van der Waals surface area contributed by atoms with E-state index in [1.54, 1.807) is 17.0 Å². The highest BCUT2D eigenvalue weighted by atomic mass is 16.5. The lowest BCUT2D eigenvalue weighted by Gasteiger charge is -2.18. The van der Waals surface area contributed by atoms with Crippen LogP contribution < -0.4 is 24.4 Å². The van der Waals surface area contributed by atoms with Crippen LogP contribution >= 0.6 is 0 Å². The molecule has 7 heteroatoms. The summed E-state index contributed by atoms with van der Waals surface area (Å²) >= 11 is 0. The summed E-state index contributed by atoms with van der Waals surface area (Å²) in [6, 6.07) is 11.2. The quantitative estimate of drug-likeness (QED) is 0.605. The maximum Gasteiger partial charge on any atom is 0.251 e. The van der Waals surface area contributed by atoms with E-state index < -0.39 is 0 Å². The fourth-order valence-corrected chi connectivity index (χ4v) is 3.75. The van der Waals surface area contributed by atoms with Crippen LogP contribution in [0.3, 0.4) is 0 Å². The summed E-state index contributed by atoms with van der Waals surface area (Å²) in [4.78, 5) is 27.2. The van der Waals surface area contributed by atoms with E-state index in [0.29, 0.717) is 62.1 Å². The van der Waals surface area contributed by atoms with Gasteiger partial charge in [-0.1, -0.05) is 17.7 Å². The molecule has 2 aromatic rings. The van der Waals surface area contributed by atoms with Crippen molar-refractivity contribution in [2.45, 2.75) is 34.1 Å². The second kappa shape index (κ2) is 10.9. The molecule has 1 N–H and O–H groups in total. The van der Waals surface area contributed by atoms with Gasteiger partial charge in [0.05, 0.1) is 19.8 Å². The number of nitrogens with zero attached hydrogens (tertiary/aromatic N) is 1. The molecule has 0 saturated carbocycles. The molecule has 2 amide bonds. The largest absolute Gasteiger partial charge is 0.490 e. The van der Waals surface area contributed by atoms with Crippen LogP contribution in [0.4, 0.5) is 5.69 Å². The first-order chi connectivity index (χ1) is 15.5. The fourth-order valence-electron chi connectivity index (χ4n) is 3.75. The second-order valence-electron chi connectivity index (χ2n) is 7.72. The fraction of sp³-hybridized carbons (Fsp3) is 0.440. The molecule has 1 aliphatic heterocycles. The van der Waals surface area contributed by atoms with Crippen molar-refractivity contribution in [2.24, 2.45) is 5.92 Å². The summed E-state index contributed by atoms with van der Waals surface area (Å²) in [5.41, 5.74) is 2.47. The molecule has 1 fully saturated rings. The van der Waals surface area contributed by atoms with Crippen molar-refractivity contribution in [3.8, 4) is 17.2 Å². The highest BCUT2D eigenvalue weighted by molar-refractivity contribution is 5.97. The molecule has 1 saturated heterocycles. The Bertz CT molecular complexity index is 915. The van der Waals surface area contributed by atoms with Gasteiger partial charge in [0.25, 0.3) is 5.91 Å². The van der Waals surface area contributed by atoms with Gasteiger partial charge in [-0.25, -0.2) is 0 Å². The minimum Gasteiger partial charge on any atom is -0.490 e. The Balaban J connectivity index is 1.69. The number of hydrogen-bond acceptors (Lipinski definition) is 5. The Labute approximate surface area is 189 Å². The molecule has 3 rings (SSSR count). The van der Waals surface area contributed by atoms with Gasteiger partial charge in [0.1, 0.15) is 0 Å². The van der Waals surface area contributed by atoms with E-state index in [1.807, 2.05) is 52.0 Å². The standard InChI is InChI=1S/C25H32N2O5/c1-5-30-21-13-19(14-22(31-6-2)24(21)32-7-3)25(29)26-15-18-12-23(28)27(16-18)20-10-8-17(4)9-11-20/h8-11,13-14,18H,5-7,12,15-16H2,1-4H3,(H,26,29). The minimum atomic E-state index is -0.240. The van der Waals surface area contributed by atoms with Gasteiger partial charge >= 0.3 is 0 Å². The minimum absolute atomic E-state index is 0.0492. The lowest BCUT2D eigenvalue weighted by molar-refractivity contribution is -0.117. The number of anilines is 1. The van der Waals surface area contributed by atoms with E-state index in [2.05, 4.69) is 5.32 Å². The molecule has 2 aromatic carbocycles. The summed E-state index contributed by atoms with van der Waals surface area (Å²) in [5.74, 6) is 1.35. The Morgan fingerprint density at radius 1 is 1.00 bits per heavy atom. The predicted octanol–water partition coefficient (Wildman–Crippen LogP) is 3.97. The van der Waals surface area contributed by atoms with Crippen LogP contribution in [0.1, 0.15) is 43.1 Å². The zero-order chi connectivity index (χ0) is 23.1. The average molecular weight is 441 g/mol.